The molecule has 1 N–H and O–H groups in total. The van der Waals surface area contributed by atoms with Crippen LogP contribution < -0.4 is 9.47 Å². The average molecular weight is 459 g/mol. The van der Waals surface area contributed by atoms with E-state index in [0.29, 0.717) is 29.3 Å². The summed E-state index contributed by atoms with van der Waals surface area (Å²) in [6.45, 7) is 2.49. The van der Waals surface area contributed by atoms with Gasteiger partial charge < -0.3 is 9.47 Å². The van der Waals surface area contributed by atoms with Crippen LogP contribution in [0, 0.1) is 11.7 Å². The summed E-state index contributed by atoms with van der Waals surface area (Å²) in [5.74, 6) is 2.04. The minimum absolute atomic E-state index is 0.427. The Morgan fingerprint density at radius 3 is 2.58 bits per heavy atom. The summed E-state index contributed by atoms with van der Waals surface area (Å²) in [7, 11) is 1.63. The van der Waals surface area contributed by atoms with Gasteiger partial charge in [0.2, 0.25) is 4.77 Å². The van der Waals surface area contributed by atoms with E-state index in [1.807, 2.05) is 48.5 Å². The fourth-order valence-electron chi connectivity index (χ4n) is 3.53. The zero-order valence-electron chi connectivity index (χ0n) is 18.7. The van der Waals surface area contributed by atoms with Crippen molar-refractivity contribution < 1.29 is 9.47 Å². The molecule has 0 amide bonds. The number of hydrogen-bond acceptors (Lipinski definition) is 5. The quantitative estimate of drug-likeness (QED) is 0.266. The number of nitrogens with one attached hydrogen (secondary N) is 1. The zero-order chi connectivity index (χ0) is 23.0. The molecule has 0 atom stereocenters. The summed E-state index contributed by atoms with van der Waals surface area (Å²) in [5.41, 5.74) is 4.31. The second-order valence-electron chi connectivity index (χ2n) is 7.64. The van der Waals surface area contributed by atoms with Crippen LogP contribution in [0.2, 0.25) is 0 Å². The van der Waals surface area contributed by atoms with E-state index in [0.717, 1.165) is 23.4 Å². The highest BCUT2D eigenvalue weighted by Gasteiger charge is 2.11. The molecule has 1 heterocycles. The Labute approximate surface area is 198 Å². The van der Waals surface area contributed by atoms with Crippen LogP contribution in [0.25, 0.3) is 0 Å². The first-order valence-corrected chi connectivity index (χ1v) is 11.1. The highest BCUT2D eigenvalue weighted by Crippen LogP contribution is 2.31. The van der Waals surface area contributed by atoms with Crippen molar-refractivity contribution in [3.8, 4) is 11.5 Å². The molecule has 0 saturated carbocycles. The van der Waals surface area contributed by atoms with Crippen LogP contribution in [-0.4, -0.2) is 28.2 Å². The number of aryl methyl sites for hydroxylation is 3. The Bertz CT molecular complexity index is 1300. The summed E-state index contributed by atoms with van der Waals surface area (Å²) >= 11 is 5.40. The number of ether oxygens (including phenoxy) is 2. The fourth-order valence-corrected chi connectivity index (χ4v) is 3.73. The fraction of sp³-hybridized carbons (Fsp3) is 0.192. The first-order valence-electron chi connectivity index (χ1n) is 10.7. The smallest absolute Gasteiger partial charge is 0.216 e. The third-order valence-corrected chi connectivity index (χ3v) is 5.47. The largest absolute Gasteiger partial charge is 0.493 e. The Hall–Kier alpha value is -3.71. The molecule has 0 fully saturated rings. The van der Waals surface area contributed by atoms with Crippen LogP contribution in [-0.2, 0) is 19.4 Å². The molecule has 7 heteroatoms. The van der Waals surface area contributed by atoms with E-state index in [1.54, 1.807) is 18.0 Å². The van der Waals surface area contributed by atoms with E-state index in [9.17, 15) is 0 Å². The number of rotatable bonds is 9. The lowest BCUT2D eigenvalue weighted by Crippen LogP contribution is -2.03. The van der Waals surface area contributed by atoms with Crippen LogP contribution in [0.4, 0.5) is 0 Å². The monoisotopic (exact) mass is 458 g/mol. The Morgan fingerprint density at radius 1 is 1.00 bits per heavy atom. The van der Waals surface area contributed by atoms with Crippen molar-refractivity contribution in [2.24, 2.45) is 5.10 Å². The van der Waals surface area contributed by atoms with E-state index < -0.39 is 0 Å². The number of nitrogens with zero attached hydrogens (tertiary/aromatic N) is 3. The standard InChI is InChI=1S/C26H26N4O2S/c1-19-8-6-11-21(16-19)18-32-25-22(12-7-13-23(25)31-2)17-27-30-24(28-29-26(30)33)15-14-20-9-4-3-5-10-20/h3-13,16-17H,14-15,18H2,1-2H3,(H,29,33)/b27-17-. The normalized spacial score (nSPS) is 11.1. The molecule has 0 aliphatic rings. The maximum atomic E-state index is 6.16. The molecular formula is C26H26N4O2S. The van der Waals surface area contributed by atoms with Gasteiger partial charge in [-0.1, -0.05) is 66.2 Å². The lowest BCUT2D eigenvalue weighted by molar-refractivity contribution is 0.284. The number of hydrogen-bond donors (Lipinski definition) is 1. The number of benzene rings is 3. The minimum Gasteiger partial charge on any atom is -0.493 e. The van der Waals surface area contributed by atoms with Gasteiger partial charge in [0.1, 0.15) is 6.61 Å². The zero-order valence-corrected chi connectivity index (χ0v) is 19.5. The summed E-state index contributed by atoms with van der Waals surface area (Å²) in [4.78, 5) is 0. The number of aromatic amines is 1. The minimum atomic E-state index is 0.427. The SMILES string of the molecule is COc1cccc(/C=N\n2c(CCc3ccccc3)n[nH]c2=S)c1OCc1cccc(C)c1. The van der Waals surface area contributed by atoms with Gasteiger partial charge >= 0.3 is 0 Å². The lowest BCUT2D eigenvalue weighted by atomic mass is 10.1. The molecule has 0 aliphatic heterocycles. The van der Waals surface area contributed by atoms with Crippen LogP contribution in [0.3, 0.4) is 0 Å². The first-order chi connectivity index (χ1) is 16.1. The van der Waals surface area contributed by atoms with Gasteiger partial charge in [0.15, 0.2) is 17.3 Å². The van der Waals surface area contributed by atoms with Crippen molar-refractivity contribution in [1.82, 2.24) is 14.9 Å². The number of H-pyrrole nitrogens is 1. The van der Waals surface area contributed by atoms with Gasteiger partial charge in [0.05, 0.1) is 13.3 Å². The van der Waals surface area contributed by atoms with Crippen molar-refractivity contribution in [3.63, 3.8) is 0 Å². The molecule has 0 spiro atoms. The molecule has 0 bridgehead atoms. The summed E-state index contributed by atoms with van der Waals surface area (Å²) in [6, 6.07) is 24.2. The van der Waals surface area contributed by atoms with Gasteiger partial charge in [0.25, 0.3) is 0 Å². The molecule has 0 radical (unpaired) electrons. The van der Waals surface area contributed by atoms with Crippen molar-refractivity contribution in [2.75, 3.05) is 7.11 Å². The third-order valence-electron chi connectivity index (χ3n) is 5.20. The van der Waals surface area contributed by atoms with Crippen LogP contribution in [0.1, 0.15) is 28.1 Å². The molecule has 3 aromatic carbocycles. The van der Waals surface area contributed by atoms with Gasteiger partial charge in [0, 0.05) is 12.0 Å². The molecule has 4 aromatic rings. The Morgan fingerprint density at radius 2 is 1.79 bits per heavy atom. The number of methoxy groups -OCH3 is 1. The lowest BCUT2D eigenvalue weighted by Gasteiger charge is -2.13. The predicted molar refractivity (Wildman–Crippen MR) is 133 cm³/mol. The van der Waals surface area contributed by atoms with Gasteiger partial charge in [-0.05, 0) is 48.8 Å². The van der Waals surface area contributed by atoms with Crippen molar-refractivity contribution in [3.05, 3.63) is 106 Å². The van der Waals surface area contributed by atoms with Crippen LogP contribution >= 0.6 is 12.2 Å². The summed E-state index contributed by atoms with van der Waals surface area (Å²) in [6.07, 6.45) is 3.29. The molecule has 6 nitrogen and oxygen atoms in total. The predicted octanol–water partition coefficient (Wildman–Crippen LogP) is 5.50. The van der Waals surface area contributed by atoms with E-state index in [2.05, 4.69) is 46.5 Å². The van der Waals surface area contributed by atoms with Gasteiger partial charge in [-0.25, -0.2) is 0 Å². The van der Waals surface area contributed by atoms with E-state index in [4.69, 9.17) is 21.7 Å². The highest BCUT2D eigenvalue weighted by molar-refractivity contribution is 7.71. The first kappa shape index (κ1) is 22.5. The molecule has 4 rings (SSSR count). The van der Waals surface area contributed by atoms with E-state index >= 15 is 0 Å². The van der Waals surface area contributed by atoms with Gasteiger partial charge in [-0.3, -0.25) is 5.10 Å². The highest BCUT2D eigenvalue weighted by atomic mass is 32.1. The third kappa shape index (κ3) is 5.75. The molecule has 33 heavy (non-hydrogen) atoms. The average Bonchev–Trinajstić information content (AvgIpc) is 3.20. The van der Waals surface area contributed by atoms with Crippen molar-refractivity contribution in [1.29, 1.82) is 0 Å². The number of aromatic nitrogens is 3. The van der Waals surface area contributed by atoms with Crippen molar-refractivity contribution in [2.45, 2.75) is 26.4 Å². The molecule has 168 valence electrons. The van der Waals surface area contributed by atoms with Crippen LogP contribution in [0.15, 0.2) is 77.9 Å². The van der Waals surface area contributed by atoms with Crippen molar-refractivity contribution >= 4 is 18.4 Å². The molecular weight excluding hydrogens is 432 g/mol. The van der Waals surface area contributed by atoms with E-state index in [1.165, 1.54) is 11.1 Å². The summed E-state index contributed by atoms with van der Waals surface area (Å²) < 4.78 is 13.8. The van der Waals surface area contributed by atoms with E-state index in [-0.39, 0.29) is 0 Å². The second-order valence-corrected chi connectivity index (χ2v) is 8.03. The Kier molecular flexibility index (Phi) is 7.32. The maximum absolute atomic E-state index is 6.16. The molecule has 0 aliphatic carbocycles. The molecule has 1 aromatic heterocycles. The number of para-hydroxylation sites is 1. The molecule has 0 unspecified atom stereocenters. The summed E-state index contributed by atoms with van der Waals surface area (Å²) in [5, 5.41) is 11.8. The van der Waals surface area contributed by atoms with Gasteiger partial charge in [-0.2, -0.15) is 14.9 Å². The second kappa shape index (κ2) is 10.7. The topological polar surface area (TPSA) is 64.4 Å². The van der Waals surface area contributed by atoms with Gasteiger partial charge in [-0.15, -0.1) is 0 Å². The Balaban J connectivity index is 1.56. The maximum Gasteiger partial charge on any atom is 0.216 e. The van der Waals surface area contributed by atoms with Crippen LogP contribution in [0.5, 0.6) is 11.5 Å². The molecule has 0 saturated heterocycles.